The number of nitrogens with zero attached hydrogens (tertiary/aromatic N) is 1. The molecule has 1 fully saturated rings. The van der Waals surface area contributed by atoms with Gasteiger partial charge in [0.1, 0.15) is 0 Å². The van der Waals surface area contributed by atoms with Crippen molar-refractivity contribution in [2.45, 2.75) is 32.4 Å². The maximum atomic E-state index is 5.80. The second-order valence-corrected chi connectivity index (χ2v) is 4.32. The van der Waals surface area contributed by atoms with E-state index in [0.29, 0.717) is 0 Å². The quantitative estimate of drug-likeness (QED) is 0.694. The highest BCUT2D eigenvalue weighted by Gasteiger charge is 2.26. The molecular formula is C12H24N2O. The molecule has 2 atom stereocenters. The average Bonchev–Trinajstić information content (AvgIpc) is 2.19. The lowest BCUT2D eigenvalue weighted by Gasteiger charge is -2.37. The van der Waals surface area contributed by atoms with Crippen LogP contribution in [0.3, 0.4) is 0 Å². The highest BCUT2D eigenvalue weighted by atomic mass is 16.5. The Balaban J connectivity index is 2.50. The molecule has 0 radical (unpaired) electrons. The van der Waals surface area contributed by atoms with E-state index in [4.69, 9.17) is 4.74 Å². The lowest BCUT2D eigenvalue weighted by molar-refractivity contribution is -0.0392. The topological polar surface area (TPSA) is 24.5 Å². The summed E-state index contributed by atoms with van der Waals surface area (Å²) in [7, 11) is 1.97. The normalized spacial score (nSPS) is 25.1. The molecule has 0 aromatic heterocycles. The van der Waals surface area contributed by atoms with E-state index < -0.39 is 0 Å². The van der Waals surface area contributed by atoms with Crippen molar-refractivity contribution in [3.8, 4) is 0 Å². The number of rotatable bonds is 5. The van der Waals surface area contributed by atoms with Gasteiger partial charge in [-0.15, -0.1) is 0 Å². The van der Waals surface area contributed by atoms with Crippen molar-refractivity contribution in [1.29, 1.82) is 0 Å². The first-order valence-corrected chi connectivity index (χ1v) is 5.85. The molecule has 1 aliphatic rings. The van der Waals surface area contributed by atoms with Gasteiger partial charge in [0.05, 0.1) is 18.8 Å². The highest BCUT2D eigenvalue weighted by Crippen LogP contribution is 2.13. The molecule has 0 aliphatic carbocycles. The predicted octanol–water partition coefficient (Wildman–Crippen LogP) is 1.26. The van der Waals surface area contributed by atoms with Crippen LogP contribution < -0.4 is 5.32 Å². The zero-order valence-corrected chi connectivity index (χ0v) is 10.3. The van der Waals surface area contributed by atoms with E-state index >= 15 is 0 Å². The van der Waals surface area contributed by atoms with Gasteiger partial charge in [-0.25, -0.2) is 0 Å². The van der Waals surface area contributed by atoms with E-state index in [-0.39, 0.29) is 12.1 Å². The summed E-state index contributed by atoms with van der Waals surface area (Å²) in [4.78, 5) is 2.47. The molecule has 1 rings (SSSR count). The fourth-order valence-corrected chi connectivity index (χ4v) is 2.20. The fraction of sp³-hybridized carbons (Fsp3) is 0.833. The SMILES string of the molecule is C=C(C)C(NC)C1CN(CCC)CCO1. The van der Waals surface area contributed by atoms with Crippen molar-refractivity contribution >= 4 is 0 Å². The van der Waals surface area contributed by atoms with E-state index in [1.165, 1.54) is 13.0 Å². The molecule has 0 saturated carbocycles. The third-order valence-corrected chi connectivity index (χ3v) is 2.93. The van der Waals surface area contributed by atoms with Crippen LogP contribution in [0.25, 0.3) is 0 Å². The molecule has 1 N–H and O–H groups in total. The van der Waals surface area contributed by atoms with Crippen LogP contribution >= 0.6 is 0 Å². The molecule has 0 amide bonds. The standard InChI is InChI=1S/C12H24N2O/c1-5-6-14-7-8-15-11(9-14)12(13-4)10(2)3/h11-13H,2,5-9H2,1,3-4H3. The molecule has 0 aromatic rings. The minimum Gasteiger partial charge on any atom is -0.374 e. The predicted molar refractivity (Wildman–Crippen MR) is 64.1 cm³/mol. The van der Waals surface area contributed by atoms with Crippen molar-refractivity contribution in [1.82, 2.24) is 10.2 Å². The van der Waals surface area contributed by atoms with Gasteiger partial charge in [-0.05, 0) is 26.9 Å². The number of hydrogen-bond acceptors (Lipinski definition) is 3. The molecule has 3 heteroatoms. The summed E-state index contributed by atoms with van der Waals surface area (Å²) in [6, 6.07) is 0.282. The van der Waals surface area contributed by atoms with Crippen LogP contribution in [0.15, 0.2) is 12.2 Å². The first-order valence-electron chi connectivity index (χ1n) is 5.85. The molecule has 15 heavy (non-hydrogen) atoms. The summed E-state index contributed by atoms with van der Waals surface area (Å²) in [6.07, 6.45) is 1.47. The summed E-state index contributed by atoms with van der Waals surface area (Å²) in [5, 5.41) is 3.28. The van der Waals surface area contributed by atoms with Crippen molar-refractivity contribution in [3.63, 3.8) is 0 Å². The van der Waals surface area contributed by atoms with E-state index in [9.17, 15) is 0 Å². The first-order chi connectivity index (χ1) is 7.19. The monoisotopic (exact) mass is 212 g/mol. The van der Waals surface area contributed by atoms with Crippen LogP contribution in [0.4, 0.5) is 0 Å². The van der Waals surface area contributed by atoms with Gasteiger partial charge in [0.25, 0.3) is 0 Å². The van der Waals surface area contributed by atoms with Crippen molar-refractivity contribution in [2.75, 3.05) is 33.3 Å². The molecule has 88 valence electrons. The Morgan fingerprint density at radius 1 is 1.67 bits per heavy atom. The van der Waals surface area contributed by atoms with Gasteiger partial charge < -0.3 is 10.1 Å². The summed E-state index contributed by atoms with van der Waals surface area (Å²) < 4.78 is 5.80. The average molecular weight is 212 g/mol. The first kappa shape index (κ1) is 12.7. The second-order valence-electron chi connectivity index (χ2n) is 4.32. The van der Waals surface area contributed by atoms with Crippen LogP contribution in [0.5, 0.6) is 0 Å². The van der Waals surface area contributed by atoms with Gasteiger partial charge in [0.15, 0.2) is 0 Å². The number of hydrogen-bond donors (Lipinski definition) is 1. The second kappa shape index (κ2) is 6.26. The fourth-order valence-electron chi connectivity index (χ4n) is 2.20. The lowest BCUT2D eigenvalue weighted by atomic mass is 10.0. The van der Waals surface area contributed by atoms with Crippen molar-refractivity contribution in [2.24, 2.45) is 0 Å². The summed E-state index contributed by atoms with van der Waals surface area (Å²) in [5.41, 5.74) is 1.15. The van der Waals surface area contributed by atoms with Crippen molar-refractivity contribution < 1.29 is 4.74 Å². The van der Waals surface area contributed by atoms with Crippen LogP contribution in [-0.2, 0) is 4.74 Å². The van der Waals surface area contributed by atoms with Crippen LogP contribution in [0.2, 0.25) is 0 Å². The Kier molecular flexibility index (Phi) is 5.29. The van der Waals surface area contributed by atoms with Gasteiger partial charge in [-0.1, -0.05) is 19.1 Å². The Hall–Kier alpha value is -0.380. The number of ether oxygens (including phenoxy) is 1. The minimum absolute atomic E-state index is 0.257. The molecule has 1 aliphatic heterocycles. The number of morpholine rings is 1. The van der Waals surface area contributed by atoms with Gasteiger partial charge in [0, 0.05) is 13.1 Å². The third-order valence-electron chi connectivity index (χ3n) is 2.93. The molecular weight excluding hydrogens is 188 g/mol. The zero-order valence-electron chi connectivity index (χ0n) is 10.3. The van der Waals surface area contributed by atoms with Gasteiger partial charge >= 0.3 is 0 Å². The molecule has 1 saturated heterocycles. The number of likely N-dealkylation sites (N-methyl/N-ethyl adjacent to an activating group) is 1. The van der Waals surface area contributed by atoms with Gasteiger partial charge in [0.2, 0.25) is 0 Å². The lowest BCUT2D eigenvalue weighted by Crippen LogP contribution is -2.51. The molecule has 1 heterocycles. The molecule has 0 aromatic carbocycles. The maximum absolute atomic E-state index is 5.80. The largest absolute Gasteiger partial charge is 0.374 e. The Morgan fingerprint density at radius 3 is 2.93 bits per heavy atom. The van der Waals surface area contributed by atoms with E-state index in [1.807, 2.05) is 7.05 Å². The molecule has 0 spiro atoms. The van der Waals surface area contributed by atoms with Crippen molar-refractivity contribution in [3.05, 3.63) is 12.2 Å². The molecule has 2 unspecified atom stereocenters. The maximum Gasteiger partial charge on any atom is 0.0893 e. The minimum atomic E-state index is 0.257. The van der Waals surface area contributed by atoms with E-state index in [1.54, 1.807) is 0 Å². The smallest absolute Gasteiger partial charge is 0.0893 e. The Bertz CT molecular complexity index is 204. The highest BCUT2D eigenvalue weighted by molar-refractivity contribution is 5.06. The van der Waals surface area contributed by atoms with E-state index in [0.717, 1.165) is 25.3 Å². The van der Waals surface area contributed by atoms with Crippen LogP contribution in [0, 0.1) is 0 Å². The van der Waals surface area contributed by atoms with Gasteiger partial charge in [-0.3, -0.25) is 4.90 Å². The zero-order chi connectivity index (χ0) is 11.3. The number of nitrogens with one attached hydrogen (secondary N) is 1. The van der Waals surface area contributed by atoms with Gasteiger partial charge in [-0.2, -0.15) is 0 Å². The Morgan fingerprint density at radius 2 is 2.40 bits per heavy atom. The molecule has 0 bridgehead atoms. The molecule has 3 nitrogen and oxygen atoms in total. The summed E-state index contributed by atoms with van der Waals surface area (Å²) in [6.45, 7) is 12.4. The Labute approximate surface area is 93.5 Å². The summed E-state index contributed by atoms with van der Waals surface area (Å²) in [5.74, 6) is 0. The third kappa shape index (κ3) is 3.59. The van der Waals surface area contributed by atoms with Crippen LogP contribution in [-0.4, -0.2) is 50.3 Å². The van der Waals surface area contributed by atoms with E-state index in [2.05, 4.69) is 30.6 Å². The van der Waals surface area contributed by atoms with Crippen LogP contribution in [0.1, 0.15) is 20.3 Å². The summed E-state index contributed by atoms with van der Waals surface area (Å²) >= 11 is 0.